The van der Waals surface area contributed by atoms with Crippen molar-refractivity contribution in [2.45, 2.75) is 39.7 Å². The number of guanidine groups is 1. The predicted octanol–water partition coefficient (Wildman–Crippen LogP) is 1.05. The average Bonchev–Trinajstić information content (AvgIpc) is 2.77. The highest BCUT2D eigenvalue weighted by Gasteiger charge is 2.08. The molecule has 1 atom stereocenters. The molecular formula is C12H26N4. The molecule has 1 heterocycles. The van der Waals surface area contributed by atoms with Crippen LogP contribution in [0.1, 0.15) is 33.6 Å². The van der Waals surface area contributed by atoms with E-state index < -0.39 is 0 Å². The minimum Gasteiger partial charge on any atom is -0.355 e. The Hall–Kier alpha value is -0.770. The lowest BCUT2D eigenvalue weighted by molar-refractivity contribution is 0.292. The highest BCUT2D eigenvalue weighted by Crippen LogP contribution is 2.00. The summed E-state index contributed by atoms with van der Waals surface area (Å²) < 4.78 is 0. The molecule has 0 saturated heterocycles. The van der Waals surface area contributed by atoms with E-state index in [9.17, 15) is 0 Å². The maximum Gasteiger partial charge on any atom is 0.191 e. The lowest BCUT2D eigenvalue weighted by Gasteiger charge is -2.20. The van der Waals surface area contributed by atoms with Gasteiger partial charge in [0.15, 0.2) is 5.96 Å². The summed E-state index contributed by atoms with van der Waals surface area (Å²) >= 11 is 0. The van der Waals surface area contributed by atoms with Crippen LogP contribution in [0.4, 0.5) is 0 Å². The number of aliphatic imine (C=N–C) groups is 1. The van der Waals surface area contributed by atoms with Crippen LogP contribution in [0, 0.1) is 0 Å². The number of hydrogen-bond donors (Lipinski definition) is 2. The Kier molecular flexibility index (Phi) is 6.23. The molecule has 1 aliphatic heterocycles. The molecule has 0 fully saturated rings. The summed E-state index contributed by atoms with van der Waals surface area (Å²) in [6.45, 7) is 12.1. The fraction of sp³-hybridized carbons (Fsp3) is 0.917. The molecule has 1 rings (SSSR count). The molecule has 1 aliphatic rings. The van der Waals surface area contributed by atoms with E-state index in [1.165, 1.54) is 19.4 Å². The van der Waals surface area contributed by atoms with Gasteiger partial charge < -0.3 is 15.5 Å². The zero-order valence-corrected chi connectivity index (χ0v) is 10.9. The van der Waals surface area contributed by atoms with Crippen molar-refractivity contribution in [2.24, 2.45) is 4.99 Å². The number of hydrogen-bond acceptors (Lipinski definition) is 4. The Labute approximate surface area is 99.5 Å². The van der Waals surface area contributed by atoms with Gasteiger partial charge in [0.05, 0.1) is 6.54 Å². The zero-order valence-electron chi connectivity index (χ0n) is 10.9. The predicted molar refractivity (Wildman–Crippen MR) is 69.9 cm³/mol. The first-order valence-corrected chi connectivity index (χ1v) is 6.53. The Morgan fingerprint density at radius 2 is 2.19 bits per heavy atom. The molecule has 0 saturated carbocycles. The molecule has 4 nitrogen and oxygen atoms in total. The highest BCUT2D eigenvalue weighted by molar-refractivity contribution is 5.81. The normalized spacial score (nSPS) is 17.1. The van der Waals surface area contributed by atoms with Crippen LogP contribution in [0.5, 0.6) is 0 Å². The second kappa shape index (κ2) is 7.49. The van der Waals surface area contributed by atoms with Gasteiger partial charge in [0.1, 0.15) is 0 Å². The van der Waals surface area contributed by atoms with Crippen molar-refractivity contribution >= 4 is 5.96 Å². The minimum absolute atomic E-state index is 0.514. The van der Waals surface area contributed by atoms with Gasteiger partial charge in [0.2, 0.25) is 0 Å². The Bertz CT molecular complexity index is 211. The third kappa shape index (κ3) is 4.84. The van der Waals surface area contributed by atoms with Crippen molar-refractivity contribution in [1.82, 2.24) is 15.5 Å². The van der Waals surface area contributed by atoms with E-state index in [0.717, 1.165) is 32.1 Å². The third-order valence-electron chi connectivity index (χ3n) is 3.06. The van der Waals surface area contributed by atoms with Gasteiger partial charge in [-0.25, -0.2) is 0 Å². The van der Waals surface area contributed by atoms with Gasteiger partial charge in [-0.05, 0) is 39.4 Å². The van der Waals surface area contributed by atoms with Crippen LogP contribution in [0.3, 0.4) is 0 Å². The first kappa shape index (κ1) is 13.3. The van der Waals surface area contributed by atoms with Gasteiger partial charge in [-0.3, -0.25) is 4.99 Å². The van der Waals surface area contributed by atoms with Crippen molar-refractivity contribution in [1.29, 1.82) is 0 Å². The second-order valence-corrected chi connectivity index (χ2v) is 4.37. The first-order valence-electron chi connectivity index (χ1n) is 6.53. The van der Waals surface area contributed by atoms with E-state index in [-0.39, 0.29) is 0 Å². The Balaban J connectivity index is 2.07. The zero-order chi connectivity index (χ0) is 11.8. The number of rotatable bonds is 7. The maximum atomic E-state index is 4.34. The van der Waals surface area contributed by atoms with E-state index in [1.807, 2.05) is 0 Å². The monoisotopic (exact) mass is 226 g/mol. The van der Waals surface area contributed by atoms with Crippen LogP contribution in [0.25, 0.3) is 0 Å². The first-order chi connectivity index (χ1) is 7.76. The van der Waals surface area contributed by atoms with Gasteiger partial charge in [-0.1, -0.05) is 13.8 Å². The van der Waals surface area contributed by atoms with E-state index in [2.05, 4.69) is 41.3 Å². The van der Waals surface area contributed by atoms with Gasteiger partial charge >= 0.3 is 0 Å². The van der Waals surface area contributed by atoms with Gasteiger partial charge in [0, 0.05) is 12.6 Å². The molecule has 0 aliphatic carbocycles. The molecule has 4 heteroatoms. The van der Waals surface area contributed by atoms with Crippen molar-refractivity contribution in [3.8, 4) is 0 Å². The van der Waals surface area contributed by atoms with Crippen molar-refractivity contribution in [2.75, 3.05) is 32.7 Å². The molecule has 2 N–H and O–H groups in total. The Morgan fingerprint density at radius 1 is 1.44 bits per heavy atom. The SMILES string of the molecule is CCN(CC)CCCC(C)NC1=NCCN1. The second-order valence-electron chi connectivity index (χ2n) is 4.37. The summed E-state index contributed by atoms with van der Waals surface area (Å²) in [6.07, 6.45) is 2.46. The summed E-state index contributed by atoms with van der Waals surface area (Å²) in [4.78, 5) is 6.81. The molecular weight excluding hydrogens is 200 g/mol. The summed E-state index contributed by atoms with van der Waals surface area (Å²) in [7, 11) is 0. The molecule has 0 aromatic rings. The largest absolute Gasteiger partial charge is 0.355 e. The number of nitrogens with zero attached hydrogens (tertiary/aromatic N) is 2. The molecule has 0 spiro atoms. The van der Waals surface area contributed by atoms with Gasteiger partial charge in [0.25, 0.3) is 0 Å². The quantitative estimate of drug-likeness (QED) is 0.681. The van der Waals surface area contributed by atoms with Crippen molar-refractivity contribution in [3.63, 3.8) is 0 Å². The molecule has 0 radical (unpaired) electrons. The van der Waals surface area contributed by atoms with Crippen LogP contribution in [0.2, 0.25) is 0 Å². The van der Waals surface area contributed by atoms with Crippen LogP contribution in [-0.4, -0.2) is 49.6 Å². The highest BCUT2D eigenvalue weighted by atomic mass is 15.2. The van der Waals surface area contributed by atoms with Crippen LogP contribution >= 0.6 is 0 Å². The van der Waals surface area contributed by atoms with Crippen LogP contribution in [-0.2, 0) is 0 Å². The standard InChI is InChI=1S/C12H26N4/c1-4-16(5-2)10-6-7-11(3)15-12-13-8-9-14-12/h11H,4-10H2,1-3H3,(H2,13,14,15). The molecule has 0 amide bonds. The van der Waals surface area contributed by atoms with E-state index >= 15 is 0 Å². The molecule has 0 aromatic carbocycles. The van der Waals surface area contributed by atoms with E-state index in [0.29, 0.717) is 6.04 Å². The third-order valence-corrected chi connectivity index (χ3v) is 3.06. The lowest BCUT2D eigenvalue weighted by atomic mass is 10.2. The summed E-state index contributed by atoms with van der Waals surface area (Å²) in [5, 5.41) is 6.65. The minimum atomic E-state index is 0.514. The van der Waals surface area contributed by atoms with Crippen LogP contribution in [0.15, 0.2) is 4.99 Å². The topological polar surface area (TPSA) is 39.7 Å². The summed E-state index contributed by atoms with van der Waals surface area (Å²) in [5.41, 5.74) is 0. The van der Waals surface area contributed by atoms with E-state index in [1.54, 1.807) is 0 Å². The van der Waals surface area contributed by atoms with Crippen LogP contribution < -0.4 is 10.6 Å². The van der Waals surface area contributed by atoms with E-state index in [4.69, 9.17) is 0 Å². The lowest BCUT2D eigenvalue weighted by Crippen LogP contribution is -2.39. The van der Waals surface area contributed by atoms with Gasteiger partial charge in [-0.2, -0.15) is 0 Å². The summed E-state index contributed by atoms with van der Waals surface area (Å²) in [5.74, 6) is 0.982. The molecule has 0 bridgehead atoms. The maximum absolute atomic E-state index is 4.34. The number of nitrogens with one attached hydrogen (secondary N) is 2. The molecule has 16 heavy (non-hydrogen) atoms. The molecule has 94 valence electrons. The average molecular weight is 226 g/mol. The molecule has 0 aromatic heterocycles. The van der Waals surface area contributed by atoms with Crippen molar-refractivity contribution < 1.29 is 0 Å². The fourth-order valence-electron chi connectivity index (χ4n) is 1.96. The summed E-state index contributed by atoms with van der Waals surface area (Å²) in [6, 6.07) is 0.514. The molecule has 1 unspecified atom stereocenters. The van der Waals surface area contributed by atoms with Crippen molar-refractivity contribution in [3.05, 3.63) is 0 Å². The fourth-order valence-corrected chi connectivity index (χ4v) is 1.96. The van der Waals surface area contributed by atoms with Gasteiger partial charge in [-0.15, -0.1) is 0 Å². The Morgan fingerprint density at radius 3 is 2.75 bits per heavy atom. The smallest absolute Gasteiger partial charge is 0.191 e.